The first-order valence-corrected chi connectivity index (χ1v) is 10.0. The van der Waals surface area contributed by atoms with Gasteiger partial charge in [-0.1, -0.05) is 36.4 Å². The normalized spacial score (nSPS) is 12.6. The zero-order valence-corrected chi connectivity index (χ0v) is 16.1. The number of fused-ring (bicyclic) bond motifs is 2. The fourth-order valence-corrected chi connectivity index (χ4v) is 4.96. The van der Waals surface area contributed by atoms with Crippen molar-refractivity contribution in [1.82, 2.24) is 0 Å². The maximum Gasteiger partial charge on any atom is 0.336 e. The van der Waals surface area contributed by atoms with Gasteiger partial charge in [0.1, 0.15) is 0 Å². The zero-order chi connectivity index (χ0) is 19.7. The van der Waals surface area contributed by atoms with E-state index in [0.717, 1.165) is 20.2 Å². The Labute approximate surface area is 168 Å². The number of hydrogen-bond donors (Lipinski definition) is 2. The van der Waals surface area contributed by atoms with Crippen LogP contribution >= 0.6 is 22.7 Å². The number of hydrogen-bond acceptors (Lipinski definition) is 4. The number of rotatable bonds is 5. The highest BCUT2D eigenvalue weighted by Gasteiger charge is 2.21. The van der Waals surface area contributed by atoms with Gasteiger partial charge in [-0.05, 0) is 47.2 Å². The van der Waals surface area contributed by atoms with Crippen LogP contribution in [0.15, 0.2) is 71.8 Å². The molecule has 0 aliphatic heterocycles. The lowest BCUT2D eigenvalue weighted by Gasteiger charge is -2.03. The second-order valence-electron chi connectivity index (χ2n) is 6.10. The lowest BCUT2D eigenvalue weighted by molar-refractivity contribution is -0.136. The van der Waals surface area contributed by atoms with Crippen molar-refractivity contribution in [3.05, 3.63) is 81.6 Å². The third-order valence-corrected chi connectivity index (χ3v) is 6.34. The first-order chi connectivity index (χ1) is 13.5. The summed E-state index contributed by atoms with van der Waals surface area (Å²) >= 11 is 2.85. The Morgan fingerprint density at radius 1 is 0.679 bits per heavy atom. The summed E-state index contributed by atoms with van der Waals surface area (Å²) < 4.78 is 2.03. The van der Waals surface area contributed by atoms with Crippen LogP contribution in [0, 0.1) is 0 Å². The maximum absolute atomic E-state index is 11.9. The summed E-state index contributed by atoms with van der Waals surface area (Å²) in [4.78, 5) is 25.1. The van der Waals surface area contributed by atoms with Gasteiger partial charge in [0.05, 0.1) is 11.1 Å². The molecule has 0 radical (unpaired) electrons. The zero-order valence-electron chi connectivity index (χ0n) is 14.5. The van der Waals surface area contributed by atoms with Crippen molar-refractivity contribution >= 4 is 66.9 Å². The largest absolute Gasteiger partial charge is 0.478 e. The molecule has 0 atom stereocenters. The minimum Gasteiger partial charge on any atom is -0.478 e. The highest BCUT2D eigenvalue weighted by atomic mass is 32.1. The molecule has 6 heteroatoms. The number of aliphatic carboxylic acids is 2. The van der Waals surface area contributed by atoms with E-state index >= 15 is 0 Å². The fraction of sp³-hybridized carbons (Fsp3) is 0. The Kier molecular flexibility index (Phi) is 4.81. The Morgan fingerprint density at radius 2 is 1.07 bits per heavy atom. The molecule has 0 bridgehead atoms. The van der Waals surface area contributed by atoms with Gasteiger partial charge in [-0.25, -0.2) is 9.59 Å². The molecule has 0 unspecified atom stereocenters. The predicted octanol–water partition coefficient (Wildman–Crippen LogP) is 5.75. The lowest BCUT2D eigenvalue weighted by atomic mass is 10.0. The third-order valence-electron chi connectivity index (χ3n) is 4.21. The van der Waals surface area contributed by atoms with E-state index in [1.54, 1.807) is 0 Å². The topological polar surface area (TPSA) is 74.6 Å². The van der Waals surface area contributed by atoms with Gasteiger partial charge >= 0.3 is 11.9 Å². The minimum atomic E-state index is -1.27. The molecule has 28 heavy (non-hydrogen) atoms. The van der Waals surface area contributed by atoms with Crippen LogP contribution in [0.2, 0.25) is 0 Å². The molecule has 4 rings (SSSR count). The average molecular weight is 406 g/mol. The summed E-state index contributed by atoms with van der Waals surface area (Å²) in [7, 11) is 0. The van der Waals surface area contributed by atoms with Crippen molar-refractivity contribution < 1.29 is 19.8 Å². The second kappa shape index (κ2) is 7.42. The number of carboxylic acid groups (broad SMARTS) is 2. The van der Waals surface area contributed by atoms with Crippen molar-refractivity contribution in [1.29, 1.82) is 0 Å². The van der Waals surface area contributed by atoms with Crippen LogP contribution in [-0.4, -0.2) is 22.2 Å². The van der Waals surface area contributed by atoms with Crippen LogP contribution in [0.4, 0.5) is 0 Å². The van der Waals surface area contributed by atoms with Crippen LogP contribution in [0.25, 0.3) is 32.3 Å². The van der Waals surface area contributed by atoms with Gasteiger partial charge in [0.2, 0.25) is 0 Å². The summed E-state index contributed by atoms with van der Waals surface area (Å²) in [5, 5.41) is 21.4. The van der Waals surface area contributed by atoms with Gasteiger partial charge in [0, 0.05) is 19.2 Å². The molecular formula is C22H14O4S2. The van der Waals surface area contributed by atoms with E-state index in [2.05, 4.69) is 0 Å². The molecule has 0 amide bonds. The molecule has 2 N–H and O–H groups in total. The SMILES string of the molecule is O=C(O)C(=Cc1cc2ccccc2s1)C(=Cc1cc2ccccc2s1)C(=O)O. The Balaban J connectivity index is 1.82. The fourth-order valence-electron chi connectivity index (χ4n) is 2.94. The Hall–Kier alpha value is -3.22. The van der Waals surface area contributed by atoms with Crippen molar-refractivity contribution in [2.45, 2.75) is 0 Å². The summed E-state index contributed by atoms with van der Waals surface area (Å²) in [6.45, 7) is 0. The first-order valence-electron chi connectivity index (χ1n) is 8.39. The summed E-state index contributed by atoms with van der Waals surface area (Å²) in [5.41, 5.74) is -0.479. The average Bonchev–Trinajstić information content (AvgIpc) is 3.26. The van der Waals surface area contributed by atoms with Gasteiger partial charge in [0.25, 0.3) is 0 Å². The van der Waals surface area contributed by atoms with E-state index in [9.17, 15) is 19.8 Å². The van der Waals surface area contributed by atoms with Gasteiger partial charge in [-0.3, -0.25) is 0 Å². The smallest absolute Gasteiger partial charge is 0.336 e. The summed E-state index contributed by atoms with van der Waals surface area (Å²) in [6.07, 6.45) is 2.86. The van der Waals surface area contributed by atoms with Crippen molar-refractivity contribution in [3.63, 3.8) is 0 Å². The van der Waals surface area contributed by atoms with E-state index < -0.39 is 11.9 Å². The quantitative estimate of drug-likeness (QED) is 0.327. The van der Waals surface area contributed by atoms with Crippen molar-refractivity contribution in [2.24, 2.45) is 0 Å². The minimum absolute atomic E-state index is 0.239. The van der Waals surface area contributed by atoms with Crippen LogP contribution in [-0.2, 0) is 9.59 Å². The second-order valence-corrected chi connectivity index (χ2v) is 8.33. The van der Waals surface area contributed by atoms with Crippen LogP contribution in [0.5, 0.6) is 0 Å². The number of carbonyl (C=O) groups is 2. The van der Waals surface area contributed by atoms with Crippen LogP contribution < -0.4 is 0 Å². The van der Waals surface area contributed by atoms with E-state index in [-0.39, 0.29) is 11.1 Å². The van der Waals surface area contributed by atoms with Gasteiger partial charge < -0.3 is 10.2 Å². The number of thiophene rings is 2. The van der Waals surface area contributed by atoms with Gasteiger partial charge in [0.15, 0.2) is 0 Å². The molecule has 0 aliphatic rings. The van der Waals surface area contributed by atoms with Gasteiger partial charge in [-0.15, -0.1) is 22.7 Å². The molecule has 138 valence electrons. The number of benzene rings is 2. The maximum atomic E-state index is 11.9. The molecule has 2 heterocycles. The molecule has 0 aliphatic carbocycles. The van der Waals surface area contributed by atoms with E-state index in [0.29, 0.717) is 9.75 Å². The monoisotopic (exact) mass is 406 g/mol. The first kappa shape index (κ1) is 18.2. The number of carboxylic acids is 2. The predicted molar refractivity (Wildman–Crippen MR) is 115 cm³/mol. The van der Waals surface area contributed by atoms with Crippen molar-refractivity contribution in [2.75, 3.05) is 0 Å². The molecule has 0 saturated carbocycles. The molecule has 2 aromatic heterocycles. The van der Waals surface area contributed by atoms with Crippen LogP contribution in [0.3, 0.4) is 0 Å². The molecule has 4 aromatic rings. The van der Waals surface area contributed by atoms with Crippen molar-refractivity contribution in [3.8, 4) is 0 Å². The van der Waals surface area contributed by atoms with Gasteiger partial charge in [-0.2, -0.15) is 0 Å². The Morgan fingerprint density at radius 3 is 1.43 bits per heavy atom. The highest BCUT2D eigenvalue weighted by Crippen LogP contribution is 2.31. The van der Waals surface area contributed by atoms with E-state index in [1.807, 2.05) is 60.7 Å². The van der Waals surface area contributed by atoms with E-state index in [4.69, 9.17) is 0 Å². The Bertz CT molecular complexity index is 1110. The van der Waals surface area contributed by atoms with E-state index in [1.165, 1.54) is 34.8 Å². The molecule has 0 spiro atoms. The molecule has 2 aromatic carbocycles. The molecule has 4 nitrogen and oxygen atoms in total. The molecule has 0 fully saturated rings. The summed E-state index contributed by atoms with van der Waals surface area (Å²) in [6, 6.07) is 19.1. The highest BCUT2D eigenvalue weighted by molar-refractivity contribution is 7.20. The molecule has 0 saturated heterocycles. The molecular weight excluding hydrogens is 392 g/mol. The standard InChI is InChI=1S/C22H14O4S2/c23-21(24)17(11-15-9-13-5-1-3-7-19(13)27-15)18(22(25)26)12-16-10-14-6-2-4-8-20(14)28-16/h1-12H,(H,23,24)(H,25,26). The lowest BCUT2D eigenvalue weighted by Crippen LogP contribution is -2.11. The summed E-state index contributed by atoms with van der Waals surface area (Å²) in [5.74, 6) is -2.54. The van der Waals surface area contributed by atoms with Crippen LogP contribution in [0.1, 0.15) is 9.75 Å². The third kappa shape index (κ3) is 3.60.